The van der Waals surface area contributed by atoms with E-state index in [9.17, 15) is 4.39 Å². The van der Waals surface area contributed by atoms with Gasteiger partial charge in [0.25, 0.3) is 0 Å². The van der Waals surface area contributed by atoms with Crippen LogP contribution in [0, 0.1) is 5.82 Å². The van der Waals surface area contributed by atoms with E-state index >= 15 is 0 Å². The van der Waals surface area contributed by atoms with E-state index in [1.165, 1.54) is 23.5 Å². The predicted molar refractivity (Wildman–Crippen MR) is 39.6 cm³/mol. The number of aromatic nitrogens is 1. The molecular weight excluding hydrogens is 149 g/mol. The van der Waals surface area contributed by atoms with Crippen LogP contribution in [0.5, 0.6) is 0 Å². The van der Waals surface area contributed by atoms with Gasteiger partial charge >= 0.3 is 0 Å². The summed E-state index contributed by atoms with van der Waals surface area (Å²) in [5.74, 6) is -0.277. The summed E-state index contributed by atoms with van der Waals surface area (Å²) in [6.45, 7) is 0. The Labute approximate surface area is 62.5 Å². The Balaban J connectivity index is 2.82. The van der Waals surface area contributed by atoms with Gasteiger partial charge in [0, 0.05) is 0 Å². The van der Waals surface area contributed by atoms with Gasteiger partial charge in [0.15, 0.2) is 0 Å². The second-order valence-electron chi connectivity index (χ2n) is 1.92. The Morgan fingerprint density at radius 3 is 3.40 bits per heavy atom. The first-order chi connectivity index (χ1) is 5.25. The molecule has 0 aliphatic carbocycles. The van der Waals surface area contributed by atoms with Gasteiger partial charge in [0.2, 0.25) is 0 Å². The first-order valence-corrected chi connectivity index (χ1v) is 3.60. The Kier molecular flexibility index (Phi) is 0.969. The minimum absolute atomic E-state index is 0.227. The van der Waals surface area contributed by atoms with Crippen LogP contribution in [-0.2, 0) is 0 Å². The first kappa shape index (κ1) is 4.79. The molecule has 0 bridgehead atoms. The SMILES string of the molecule is [2H]c1nc2ccc(F)cc2s1. The summed E-state index contributed by atoms with van der Waals surface area (Å²) in [4.78, 5) is 3.87. The van der Waals surface area contributed by atoms with Gasteiger partial charge in [0.05, 0.1) is 17.1 Å². The molecule has 0 saturated carbocycles. The van der Waals surface area contributed by atoms with Crippen molar-refractivity contribution in [3.63, 3.8) is 0 Å². The van der Waals surface area contributed by atoms with Crippen LogP contribution in [0.3, 0.4) is 0 Å². The van der Waals surface area contributed by atoms with Gasteiger partial charge in [-0.3, -0.25) is 0 Å². The van der Waals surface area contributed by atoms with Crippen molar-refractivity contribution < 1.29 is 5.76 Å². The molecule has 0 N–H and O–H groups in total. The first-order valence-electron chi connectivity index (χ1n) is 3.28. The van der Waals surface area contributed by atoms with Gasteiger partial charge in [-0.05, 0) is 18.2 Å². The largest absolute Gasteiger partial charge is 0.245 e. The molecule has 10 heavy (non-hydrogen) atoms. The van der Waals surface area contributed by atoms with Gasteiger partial charge in [0.1, 0.15) is 5.82 Å². The van der Waals surface area contributed by atoms with Crippen LogP contribution in [0.2, 0.25) is 0 Å². The zero-order chi connectivity index (χ0) is 7.84. The van der Waals surface area contributed by atoms with Gasteiger partial charge < -0.3 is 0 Å². The van der Waals surface area contributed by atoms with Crippen molar-refractivity contribution in [3.05, 3.63) is 29.5 Å². The minimum atomic E-state index is -0.277. The smallest absolute Gasteiger partial charge is 0.124 e. The molecule has 0 saturated heterocycles. The highest BCUT2D eigenvalue weighted by Crippen LogP contribution is 2.17. The van der Waals surface area contributed by atoms with Crippen LogP contribution >= 0.6 is 11.3 Å². The number of halogens is 1. The lowest BCUT2D eigenvalue weighted by molar-refractivity contribution is 0.630. The molecule has 0 spiro atoms. The molecule has 1 aromatic carbocycles. The third-order valence-corrected chi connectivity index (χ3v) is 1.97. The molecule has 1 nitrogen and oxygen atoms in total. The number of hydrogen-bond acceptors (Lipinski definition) is 2. The fraction of sp³-hybridized carbons (Fsp3) is 0. The topological polar surface area (TPSA) is 12.9 Å². The molecule has 50 valence electrons. The second kappa shape index (κ2) is 2.02. The summed E-state index contributed by atoms with van der Waals surface area (Å²) in [5.41, 5.74) is 0.923. The van der Waals surface area contributed by atoms with Crippen LogP contribution in [0.4, 0.5) is 4.39 Å². The number of hydrogen-bond donors (Lipinski definition) is 0. The highest BCUT2D eigenvalue weighted by atomic mass is 32.1. The van der Waals surface area contributed by atoms with Gasteiger partial charge in [-0.2, -0.15) is 0 Å². The minimum Gasteiger partial charge on any atom is -0.245 e. The molecule has 0 atom stereocenters. The number of fused-ring (bicyclic) bond motifs is 1. The normalized spacial score (nSPS) is 11.9. The quantitative estimate of drug-likeness (QED) is 0.568. The maximum atomic E-state index is 12.6. The molecule has 0 unspecified atom stereocenters. The van der Waals surface area contributed by atoms with Crippen molar-refractivity contribution in [2.45, 2.75) is 0 Å². The Hall–Kier alpha value is -0.960. The van der Waals surface area contributed by atoms with E-state index in [1.54, 1.807) is 6.07 Å². The van der Waals surface area contributed by atoms with E-state index in [0.717, 1.165) is 4.70 Å². The summed E-state index contributed by atoms with van der Waals surface area (Å²) in [6.07, 6.45) is 0. The molecule has 1 heterocycles. The van der Waals surface area contributed by atoms with Crippen molar-refractivity contribution in [1.82, 2.24) is 4.98 Å². The molecule has 1 aromatic heterocycles. The average molecular weight is 154 g/mol. The maximum absolute atomic E-state index is 12.6. The highest BCUT2D eigenvalue weighted by molar-refractivity contribution is 7.16. The van der Waals surface area contributed by atoms with Crippen LogP contribution in [0.25, 0.3) is 10.2 Å². The third kappa shape index (κ3) is 0.789. The monoisotopic (exact) mass is 154 g/mol. The van der Waals surface area contributed by atoms with Crippen molar-refractivity contribution >= 4 is 21.6 Å². The Morgan fingerprint density at radius 2 is 2.50 bits per heavy atom. The van der Waals surface area contributed by atoms with Crippen LogP contribution in [-0.4, -0.2) is 4.98 Å². The molecule has 0 aliphatic rings. The molecule has 3 heteroatoms. The van der Waals surface area contributed by atoms with E-state index in [1.807, 2.05) is 0 Å². The van der Waals surface area contributed by atoms with E-state index < -0.39 is 0 Å². The Bertz CT molecular complexity index is 398. The summed E-state index contributed by atoms with van der Waals surface area (Å²) < 4.78 is 20.5. The van der Waals surface area contributed by atoms with Gasteiger partial charge in [-0.1, -0.05) is 0 Å². The van der Waals surface area contributed by atoms with Crippen LogP contribution in [0.1, 0.15) is 1.37 Å². The fourth-order valence-electron chi connectivity index (χ4n) is 0.783. The number of nitrogens with zero attached hydrogens (tertiary/aromatic N) is 1. The van der Waals surface area contributed by atoms with E-state index in [2.05, 4.69) is 4.98 Å². The molecule has 2 rings (SSSR count). The maximum Gasteiger partial charge on any atom is 0.124 e. The average Bonchev–Trinajstić information content (AvgIpc) is 2.27. The van der Waals surface area contributed by atoms with Crippen molar-refractivity contribution in [2.75, 3.05) is 0 Å². The van der Waals surface area contributed by atoms with Crippen molar-refractivity contribution in [1.29, 1.82) is 0 Å². The standard InChI is InChI=1S/C7H4FNS/c8-5-1-2-6-7(3-5)10-4-9-6/h1-4H/i4D. The molecule has 0 fully saturated rings. The molecule has 0 radical (unpaired) electrons. The number of rotatable bonds is 0. The molecule has 0 aliphatic heterocycles. The van der Waals surface area contributed by atoms with Crippen LogP contribution < -0.4 is 0 Å². The fourth-order valence-corrected chi connectivity index (χ4v) is 1.42. The summed E-state index contributed by atoms with van der Waals surface area (Å²) >= 11 is 1.18. The lowest BCUT2D eigenvalue weighted by Crippen LogP contribution is -1.70. The Morgan fingerprint density at radius 1 is 1.60 bits per heavy atom. The van der Waals surface area contributed by atoms with Gasteiger partial charge in [-0.15, -0.1) is 11.3 Å². The van der Waals surface area contributed by atoms with Crippen molar-refractivity contribution in [3.8, 4) is 0 Å². The van der Waals surface area contributed by atoms with E-state index in [4.69, 9.17) is 1.37 Å². The number of benzene rings is 1. The lowest BCUT2D eigenvalue weighted by atomic mass is 10.3. The zero-order valence-electron chi connectivity index (χ0n) is 5.97. The van der Waals surface area contributed by atoms with E-state index in [0.29, 0.717) is 5.52 Å². The zero-order valence-corrected chi connectivity index (χ0v) is 5.78. The lowest BCUT2D eigenvalue weighted by Gasteiger charge is -1.85. The molecule has 0 amide bonds. The summed E-state index contributed by atoms with van der Waals surface area (Å²) in [6, 6.07) is 4.33. The second-order valence-corrected chi connectivity index (χ2v) is 2.74. The number of thiazole rings is 1. The predicted octanol–water partition coefficient (Wildman–Crippen LogP) is 2.44. The molecule has 2 aromatic rings. The summed E-state index contributed by atoms with van der Waals surface area (Å²) in [7, 11) is 0. The molecular formula is C7H4FNS. The van der Waals surface area contributed by atoms with E-state index in [-0.39, 0.29) is 11.3 Å². The van der Waals surface area contributed by atoms with Crippen LogP contribution in [0.15, 0.2) is 23.7 Å². The summed E-state index contributed by atoms with van der Waals surface area (Å²) in [5, 5.41) is 0. The van der Waals surface area contributed by atoms with Crippen molar-refractivity contribution in [2.24, 2.45) is 0 Å². The third-order valence-electron chi connectivity index (χ3n) is 1.24. The van der Waals surface area contributed by atoms with Gasteiger partial charge in [-0.25, -0.2) is 9.37 Å². The highest BCUT2D eigenvalue weighted by Gasteiger charge is 1.95.